The second-order valence-electron chi connectivity index (χ2n) is 2.72. The van der Waals surface area contributed by atoms with Crippen LogP contribution in [0.1, 0.15) is 16.8 Å². The van der Waals surface area contributed by atoms with Gasteiger partial charge in [-0.1, -0.05) is 11.6 Å². The molecule has 0 atom stereocenters. The van der Waals surface area contributed by atoms with Crippen molar-refractivity contribution in [2.24, 2.45) is 5.73 Å². The summed E-state index contributed by atoms with van der Waals surface area (Å²) in [6.07, 6.45) is 0.202. The topological polar surface area (TPSA) is 43.1 Å². The summed E-state index contributed by atoms with van der Waals surface area (Å²) in [5.41, 5.74) is 5.50. The van der Waals surface area contributed by atoms with E-state index in [1.807, 2.05) is 0 Å². The normalized spacial score (nSPS) is 10.3. The Labute approximate surface area is 94.4 Å². The van der Waals surface area contributed by atoms with Crippen molar-refractivity contribution in [3.63, 3.8) is 0 Å². The molecule has 1 rings (SSSR count). The summed E-state index contributed by atoms with van der Waals surface area (Å²) in [7, 11) is 0. The second kappa shape index (κ2) is 4.87. The lowest BCUT2D eigenvalue weighted by molar-refractivity contribution is 0.0985. The molecule has 1 aromatic carbocycles. The number of hydrogen-bond acceptors (Lipinski definition) is 2. The molecule has 0 aliphatic carbocycles. The Morgan fingerprint density at radius 3 is 2.71 bits per heavy atom. The highest BCUT2D eigenvalue weighted by Gasteiger charge is 2.11. The van der Waals surface area contributed by atoms with E-state index < -0.39 is 5.82 Å². The minimum absolute atomic E-state index is 0.0192. The first kappa shape index (κ1) is 11.6. The van der Waals surface area contributed by atoms with Crippen molar-refractivity contribution in [1.82, 2.24) is 0 Å². The lowest BCUT2D eigenvalue weighted by Gasteiger charge is -2.03. The summed E-state index contributed by atoms with van der Waals surface area (Å²) in [5.74, 6) is -0.801. The molecule has 0 amide bonds. The number of carbonyl (C=O) groups excluding carboxylic acids is 1. The van der Waals surface area contributed by atoms with Crippen LogP contribution in [0.3, 0.4) is 0 Å². The van der Waals surface area contributed by atoms with Crippen LogP contribution in [0.5, 0.6) is 0 Å². The number of carbonyl (C=O) groups is 1. The van der Waals surface area contributed by atoms with Crippen LogP contribution in [-0.4, -0.2) is 12.3 Å². The van der Waals surface area contributed by atoms with Crippen LogP contribution in [-0.2, 0) is 0 Å². The Morgan fingerprint density at radius 1 is 1.57 bits per heavy atom. The highest BCUT2D eigenvalue weighted by molar-refractivity contribution is 9.10. The first-order valence-corrected chi connectivity index (χ1v) is 5.11. The zero-order valence-electron chi connectivity index (χ0n) is 7.19. The van der Waals surface area contributed by atoms with Crippen molar-refractivity contribution in [2.75, 3.05) is 6.54 Å². The van der Waals surface area contributed by atoms with E-state index in [-0.39, 0.29) is 29.3 Å². The molecule has 0 spiro atoms. The Kier molecular flexibility index (Phi) is 4.04. The fourth-order valence-electron chi connectivity index (χ4n) is 0.992. The Morgan fingerprint density at radius 2 is 2.21 bits per heavy atom. The number of nitrogens with two attached hydrogens (primary N) is 1. The Hall–Kier alpha value is -0.450. The van der Waals surface area contributed by atoms with Gasteiger partial charge < -0.3 is 5.73 Å². The summed E-state index contributed by atoms with van der Waals surface area (Å²) < 4.78 is 13.5. The first-order valence-electron chi connectivity index (χ1n) is 3.94. The maximum absolute atomic E-state index is 13.1. The lowest BCUT2D eigenvalue weighted by atomic mass is 10.1. The highest BCUT2D eigenvalue weighted by atomic mass is 79.9. The molecular formula is C9H8BrClFNO. The Balaban J connectivity index is 3.06. The zero-order valence-corrected chi connectivity index (χ0v) is 9.53. The van der Waals surface area contributed by atoms with E-state index in [1.165, 1.54) is 6.07 Å². The van der Waals surface area contributed by atoms with Crippen LogP contribution in [0.25, 0.3) is 0 Å². The van der Waals surface area contributed by atoms with Crippen molar-refractivity contribution in [3.05, 3.63) is 33.0 Å². The molecule has 0 unspecified atom stereocenters. The average molecular weight is 281 g/mol. The zero-order chi connectivity index (χ0) is 10.7. The van der Waals surface area contributed by atoms with Gasteiger partial charge in [-0.3, -0.25) is 4.79 Å². The van der Waals surface area contributed by atoms with Gasteiger partial charge in [-0.15, -0.1) is 0 Å². The molecule has 5 heteroatoms. The fourth-order valence-corrected chi connectivity index (χ4v) is 1.54. The first-order chi connectivity index (χ1) is 6.56. The van der Waals surface area contributed by atoms with Crippen LogP contribution in [0.2, 0.25) is 5.02 Å². The quantitative estimate of drug-likeness (QED) is 0.683. The maximum atomic E-state index is 13.1. The smallest absolute Gasteiger partial charge is 0.164 e. The predicted octanol–water partition coefficient (Wildman–Crippen LogP) is 2.77. The number of rotatable bonds is 3. The van der Waals surface area contributed by atoms with Gasteiger partial charge >= 0.3 is 0 Å². The number of Topliss-reactive ketones (excluding diaryl/α,β-unsaturated/α-hetero) is 1. The monoisotopic (exact) mass is 279 g/mol. The van der Waals surface area contributed by atoms with Gasteiger partial charge in [-0.05, 0) is 34.6 Å². The summed E-state index contributed by atoms with van der Waals surface area (Å²) in [6.45, 7) is 0.251. The van der Waals surface area contributed by atoms with Crippen LogP contribution in [0.15, 0.2) is 16.6 Å². The summed E-state index contributed by atoms with van der Waals surface area (Å²) in [6, 6.07) is 2.61. The average Bonchev–Trinajstić information content (AvgIpc) is 2.13. The molecule has 0 fully saturated rings. The molecule has 0 saturated heterocycles. The van der Waals surface area contributed by atoms with Gasteiger partial charge in [0.25, 0.3) is 0 Å². The van der Waals surface area contributed by atoms with Crippen molar-refractivity contribution in [1.29, 1.82) is 0 Å². The van der Waals surface area contributed by atoms with E-state index in [2.05, 4.69) is 15.9 Å². The van der Waals surface area contributed by atoms with Crippen LogP contribution in [0, 0.1) is 5.82 Å². The van der Waals surface area contributed by atoms with Crippen LogP contribution in [0.4, 0.5) is 4.39 Å². The molecule has 0 saturated carbocycles. The van der Waals surface area contributed by atoms with Gasteiger partial charge in [0.1, 0.15) is 5.82 Å². The van der Waals surface area contributed by atoms with E-state index in [0.717, 1.165) is 6.07 Å². The third-order valence-corrected chi connectivity index (χ3v) is 2.92. The van der Waals surface area contributed by atoms with E-state index in [4.69, 9.17) is 17.3 Å². The molecule has 14 heavy (non-hydrogen) atoms. The standard InChI is InChI=1S/C9H8BrClFNO/c10-6-3-5(8(14)1-2-13)4-7(12)9(6)11/h3-4H,1-2,13H2. The SMILES string of the molecule is NCCC(=O)c1cc(F)c(Cl)c(Br)c1. The van der Waals surface area contributed by atoms with Crippen LogP contribution < -0.4 is 5.73 Å². The molecule has 0 aliphatic heterocycles. The van der Waals surface area contributed by atoms with E-state index >= 15 is 0 Å². The second-order valence-corrected chi connectivity index (χ2v) is 3.95. The number of benzene rings is 1. The maximum Gasteiger partial charge on any atom is 0.164 e. The minimum atomic E-state index is -0.610. The molecule has 1 aromatic rings. The molecular weight excluding hydrogens is 272 g/mol. The molecule has 0 bridgehead atoms. The number of halogens is 3. The Bertz CT molecular complexity index is 347. The van der Waals surface area contributed by atoms with Gasteiger partial charge in [0.05, 0.1) is 5.02 Å². The van der Waals surface area contributed by atoms with Crippen LogP contribution >= 0.6 is 27.5 Å². The molecule has 76 valence electrons. The molecule has 0 aliphatic rings. The minimum Gasteiger partial charge on any atom is -0.330 e. The lowest BCUT2D eigenvalue weighted by Crippen LogP contribution is -2.08. The number of ketones is 1. The van der Waals surface area contributed by atoms with Gasteiger partial charge in [0.2, 0.25) is 0 Å². The van der Waals surface area contributed by atoms with Crippen molar-refractivity contribution in [3.8, 4) is 0 Å². The van der Waals surface area contributed by atoms with Crippen molar-refractivity contribution in [2.45, 2.75) is 6.42 Å². The molecule has 0 aromatic heterocycles. The molecule has 2 nitrogen and oxygen atoms in total. The summed E-state index contributed by atoms with van der Waals surface area (Å²) in [4.78, 5) is 11.3. The molecule has 2 N–H and O–H groups in total. The number of hydrogen-bond donors (Lipinski definition) is 1. The molecule has 0 heterocycles. The van der Waals surface area contributed by atoms with E-state index in [1.54, 1.807) is 0 Å². The van der Waals surface area contributed by atoms with Gasteiger partial charge in [-0.2, -0.15) is 0 Å². The van der Waals surface area contributed by atoms with Crippen molar-refractivity contribution >= 4 is 33.3 Å². The highest BCUT2D eigenvalue weighted by Crippen LogP contribution is 2.27. The largest absolute Gasteiger partial charge is 0.330 e. The summed E-state index contributed by atoms with van der Waals surface area (Å²) in [5, 5.41) is -0.0192. The fraction of sp³-hybridized carbons (Fsp3) is 0.222. The predicted molar refractivity (Wildman–Crippen MR) is 57.1 cm³/mol. The van der Waals surface area contributed by atoms with Gasteiger partial charge in [0, 0.05) is 16.5 Å². The van der Waals surface area contributed by atoms with Gasteiger partial charge in [0.15, 0.2) is 5.78 Å². The van der Waals surface area contributed by atoms with Gasteiger partial charge in [-0.25, -0.2) is 4.39 Å². The summed E-state index contributed by atoms with van der Waals surface area (Å²) >= 11 is 8.63. The van der Waals surface area contributed by atoms with Crippen molar-refractivity contribution < 1.29 is 9.18 Å². The molecule has 0 radical (unpaired) electrons. The third-order valence-electron chi connectivity index (χ3n) is 1.68. The third kappa shape index (κ3) is 2.53. The van der Waals surface area contributed by atoms with E-state index in [0.29, 0.717) is 4.47 Å². The van der Waals surface area contributed by atoms with E-state index in [9.17, 15) is 9.18 Å².